The minimum Gasteiger partial charge on any atom is -1.00 e. The minimum atomic E-state index is -0.347. The van der Waals surface area contributed by atoms with Gasteiger partial charge in [-0.05, 0) is 43.3 Å². The predicted molar refractivity (Wildman–Crippen MR) is 89.4 cm³/mol. The molecular formula is C18H15BrFN2OS-. The molecule has 0 N–H and O–H groups in total. The third-order valence-electron chi connectivity index (χ3n) is 3.44. The fourth-order valence-electron chi connectivity index (χ4n) is 2.18. The van der Waals surface area contributed by atoms with E-state index in [1.54, 1.807) is 0 Å². The van der Waals surface area contributed by atoms with Gasteiger partial charge in [0.2, 0.25) is 0 Å². The summed E-state index contributed by atoms with van der Waals surface area (Å²) in [4.78, 5) is 17.8. The van der Waals surface area contributed by atoms with E-state index in [1.165, 1.54) is 35.6 Å². The quantitative estimate of drug-likeness (QED) is 0.598. The molecule has 0 saturated carbocycles. The fourth-order valence-corrected chi connectivity index (χ4v) is 3.08. The molecule has 0 unspecified atom stereocenters. The van der Waals surface area contributed by atoms with Gasteiger partial charge in [0.15, 0.2) is 10.6 Å². The Bertz CT molecular complexity index is 885. The molecule has 0 atom stereocenters. The first kappa shape index (κ1) is 18.3. The van der Waals surface area contributed by atoms with Crippen LogP contribution in [0.2, 0.25) is 0 Å². The number of carbonyl (C=O) groups is 1. The molecule has 24 heavy (non-hydrogen) atoms. The van der Waals surface area contributed by atoms with E-state index >= 15 is 0 Å². The van der Waals surface area contributed by atoms with Gasteiger partial charge in [0.25, 0.3) is 0 Å². The molecule has 0 spiro atoms. The van der Waals surface area contributed by atoms with Crippen LogP contribution < -0.4 is 21.8 Å². The molecule has 6 heteroatoms. The Hall–Kier alpha value is -2.05. The van der Waals surface area contributed by atoms with Crippen LogP contribution in [0.1, 0.15) is 16.1 Å². The van der Waals surface area contributed by atoms with Gasteiger partial charge >= 0.3 is 0 Å². The van der Waals surface area contributed by atoms with Crippen LogP contribution in [0.25, 0.3) is 0 Å². The van der Waals surface area contributed by atoms with Gasteiger partial charge in [-0.15, -0.1) is 11.3 Å². The molecule has 3 nitrogen and oxygen atoms in total. The number of para-hydroxylation sites is 1. The molecular weight excluding hydrogens is 391 g/mol. The summed E-state index contributed by atoms with van der Waals surface area (Å²) in [5.41, 5.74) is 2.31. The highest BCUT2D eigenvalue weighted by Crippen LogP contribution is 2.11. The first-order valence-electron chi connectivity index (χ1n) is 7.17. The Balaban J connectivity index is 0.00000208. The summed E-state index contributed by atoms with van der Waals surface area (Å²) < 4.78 is 14.8. The van der Waals surface area contributed by atoms with Gasteiger partial charge in [0.1, 0.15) is 5.82 Å². The number of aromatic nitrogens is 1. The normalized spacial score (nSPS) is 11.2. The number of Topliss-reactive ketones (excluding diaryl/α,β-unsaturated/α-hetero) is 1. The van der Waals surface area contributed by atoms with E-state index in [-0.39, 0.29) is 35.1 Å². The van der Waals surface area contributed by atoms with Crippen molar-refractivity contribution in [2.24, 2.45) is 4.99 Å². The van der Waals surface area contributed by atoms with Crippen LogP contribution in [-0.4, -0.2) is 10.4 Å². The van der Waals surface area contributed by atoms with E-state index in [4.69, 9.17) is 0 Å². The monoisotopic (exact) mass is 405 g/mol. The van der Waals surface area contributed by atoms with E-state index in [9.17, 15) is 9.18 Å². The first-order chi connectivity index (χ1) is 11.1. The van der Waals surface area contributed by atoms with Gasteiger partial charge < -0.3 is 21.5 Å². The number of aryl methyl sites for hydroxylation is 1. The highest BCUT2D eigenvalue weighted by atomic mass is 79.9. The van der Waals surface area contributed by atoms with Crippen molar-refractivity contribution >= 4 is 22.8 Å². The van der Waals surface area contributed by atoms with Crippen molar-refractivity contribution in [2.45, 2.75) is 13.5 Å². The number of rotatable bonds is 4. The van der Waals surface area contributed by atoms with Gasteiger partial charge in [0, 0.05) is 16.6 Å². The summed E-state index contributed by atoms with van der Waals surface area (Å²) in [7, 11) is 0. The molecule has 0 aliphatic rings. The van der Waals surface area contributed by atoms with Crippen LogP contribution in [0.3, 0.4) is 0 Å². The molecule has 0 radical (unpaired) electrons. The van der Waals surface area contributed by atoms with E-state index in [0.717, 1.165) is 16.2 Å². The lowest BCUT2D eigenvalue weighted by molar-refractivity contribution is -0.0000132. The van der Waals surface area contributed by atoms with Crippen LogP contribution in [0.5, 0.6) is 0 Å². The van der Waals surface area contributed by atoms with Crippen molar-refractivity contribution in [1.29, 1.82) is 0 Å². The molecule has 0 aliphatic heterocycles. The molecule has 3 aromatic rings. The third-order valence-corrected chi connectivity index (χ3v) is 4.42. The lowest BCUT2D eigenvalue weighted by atomic mass is 10.1. The van der Waals surface area contributed by atoms with Crippen molar-refractivity contribution in [2.75, 3.05) is 0 Å². The largest absolute Gasteiger partial charge is 1.00 e. The first-order valence-corrected chi connectivity index (χ1v) is 8.05. The maximum atomic E-state index is 13.0. The SMILES string of the molecule is Cc1csc(=Nc2ccccc2)n1CC(=O)c1ccc(F)cc1.[Br-]. The molecule has 124 valence electrons. The molecule has 2 aromatic carbocycles. The van der Waals surface area contributed by atoms with Crippen molar-refractivity contribution in [1.82, 2.24) is 4.57 Å². The highest BCUT2D eigenvalue weighted by molar-refractivity contribution is 7.07. The van der Waals surface area contributed by atoms with Crippen LogP contribution in [-0.2, 0) is 6.54 Å². The zero-order valence-electron chi connectivity index (χ0n) is 12.9. The van der Waals surface area contributed by atoms with Gasteiger partial charge in [-0.3, -0.25) is 4.79 Å². The molecule has 0 bridgehead atoms. The fraction of sp³-hybridized carbons (Fsp3) is 0.111. The number of ketones is 1. The molecule has 0 saturated heterocycles. The zero-order valence-corrected chi connectivity index (χ0v) is 15.3. The smallest absolute Gasteiger partial charge is 0.190 e. The lowest BCUT2D eigenvalue weighted by Gasteiger charge is -2.05. The Kier molecular flexibility index (Phi) is 6.23. The molecule has 1 aromatic heterocycles. The highest BCUT2D eigenvalue weighted by Gasteiger charge is 2.10. The van der Waals surface area contributed by atoms with E-state index < -0.39 is 0 Å². The second-order valence-electron chi connectivity index (χ2n) is 5.12. The molecule has 0 aliphatic carbocycles. The van der Waals surface area contributed by atoms with Crippen molar-refractivity contribution in [3.05, 3.63) is 81.9 Å². The summed E-state index contributed by atoms with van der Waals surface area (Å²) in [5.74, 6) is -0.415. The average Bonchev–Trinajstić information content (AvgIpc) is 2.89. The van der Waals surface area contributed by atoms with Gasteiger partial charge in [0.05, 0.1) is 12.2 Å². The summed E-state index contributed by atoms with van der Waals surface area (Å²) >= 11 is 1.49. The van der Waals surface area contributed by atoms with Crippen molar-refractivity contribution in [3.63, 3.8) is 0 Å². The number of halogens is 2. The maximum Gasteiger partial charge on any atom is 0.190 e. The number of carbonyl (C=O) groups excluding carboxylic acids is 1. The zero-order chi connectivity index (χ0) is 16.2. The van der Waals surface area contributed by atoms with Crippen molar-refractivity contribution in [3.8, 4) is 0 Å². The number of hydrogen-bond acceptors (Lipinski definition) is 3. The lowest BCUT2D eigenvalue weighted by Crippen LogP contribution is -3.00. The summed E-state index contributed by atoms with van der Waals surface area (Å²) in [5, 5.41) is 1.97. The molecule has 3 rings (SSSR count). The van der Waals surface area contributed by atoms with E-state index in [1.807, 2.05) is 47.2 Å². The van der Waals surface area contributed by atoms with Gasteiger partial charge in [-0.1, -0.05) is 18.2 Å². The minimum absolute atomic E-state index is 0. The predicted octanol–water partition coefficient (Wildman–Crippen LogP) is 1.12. The second-order valence-corrected chi connectivity index (χ2v) is 5.96. The van der Waals surface area contributed by atoms with Crippen LogP contribution in [0, 0.1) is 12.7 Å². The van der Waals surface area contributed by atoms with Crippen LogP contribution >= 0.6 is 11.3 Å². The Morgan fingerprint density at radius 2 is 1.79 bits per heavy atom. The topological polar surface area (TPSA) is 34.4 Å². The standard InChI is InChI=1S/C18H15FN2OS.BrH/c1-13-12-23-18(20-16-5-3-2-4-6-16)21(13)11-17(22)14-7-9-15(19)10-8-14;/h2-10,12H,11H2,1H3;1H/p-1. The second kappa shape index (κ2) is 8.17. The Labute approximate surface area is 153 Å². The van der Waals surface area contributed by atoms with E-state index in [0.29, 0.717) is 5.56 Å². The Morgan fingerprint density at radius 1 is 1.12 bits per heavy atom. The van der Waals surface area contributed by atoms with Crippen molar-refractivity contribution < 1.29 is 26.2 Å². The number of thiazole rings is 1. The molecule has 1 heterocycles. The van der Waals surface area contributed by atoms with Crippen LogP contribution in [0.4, 0.5) is 10.1 Å². The molecule has 0 fully saturated rings. The molecule has 0 amide bonds. The average molecular weight is 406 g/mol. The van der Waals surface area contributed by atoms with Gasteiger partial charge in [-0.25, -0.2) is 9.38 Å². The summed E-state index contributed by atoms with van der Waals surface area (Å²) in [6.07, 6.45) is 0. The van der Waals surface area contributed by atoms with E-state index in [2.05, 4.69) is 4.99 Å². The summed E-state index contributed by atoms with van der Waals surface area (Å²) in [6.45, 7) is 2.13. The third kappa shape index (κ3) is 4.27. The summed E-state index contributed by atoms with van der Waals surface area (Å²) in [6, 6.07) is 15.2. The number of nitrogens with zero attached hydrogens (tertiary/aromatic N) is 2. The number of benzene rings is 2. The number of hydrogen-bond donors (Lipinski definition) is 0. The van der Waals surface area contributed by atoms with Gasteiger partial charge in [-0.2, -0.15) is 0 Å². The maximum absolute atomic E-state index is 13.0. The Morgan fingerprint density at radius 3 is 2.46 bits per heavy atom. The van der Waals surface area contributed by atoms with Crippen LogP contribution in [0.15, 0.2) is 65.0 Å².